The zero-order valence-electron chi connectivity index (χ0n) is 30.8. The Balaban J connectivity index is 1.78. The van der Waals surface area contributed by atoms with Gasteiger partial charge in [0.15, 0.2) is 23.0 Å². The predicted octanol–water partition coefficient (Wildman–Crippen LogP) is 5.99. The average molecular weight is 718 g/mol. The fourth-order valence-corrected chi connectivity index (χ4v) is 5.44. The summed E-state index contributed by atoms with van der Waals surface area (Å²) in [6.45, 7) is 7.62. The van der Waals surface area contributed by atoms with Crippen molar-refractivity contribution < 1.29 is 28.4 Å². The molecule has 4 aromatic rings. The molecule has 0 amide bonds. The first-order valence-corrected chi connectivity index (χ1v) is 18.7. The lowest BCUT2D eigenvalue weighted by Crippen LogP contribution is -2.11. The van der Waals surface area contributed by atoms with E-state index in [1.807, 2.05) is 24.3 Å². The monoisotopic (exact) mass is 717 g/mol. The van der Waals surface area contributed by atoms with Crippen molar-refractivity contribution in [3.8, 4) is 56.8 Å². The van der Waals surface area contributed by atoms with Crippen LogP contribution in [0.3, 0.4) is 0 Å². The SMILES string of the molecule is CCCCOc1cc(-c2ccc3ccc(-c4cc(OCCCN)c(OCCCN)c(OCCCN)c4)cc3c2)cc(OCCCN)c1OCCCN. The lowest BCUT2D eigenvalue weighted by Gasteiger charge is -2.19. The summed E-state index contributed by atoms with van der Waals surface area (Å²) >= 11 is 0. The van der Waals surface area contributed by atoms with E-state index in [4.69, 9.17) is 57.1 Å². The molecule has 0 heterocycles. The maximum Gasteiger partial charge on any atom is 0.203 e. The Labute approximate surface area is 309 Å². The third kappa shape index (κ3) is 11.9. The van der Waals surface area contributed by atoms with Gasteiger partial charge in [0.1, 0.15) is 0 Å². The van der Waals surface area contributed by atoms with Crippen LogP contribution in [0.4, 0.5) is 0 Å². The van der Waals surface area contributed by atoms with Gasteiger partial charge in [0.05, 0.1) is 39.6 Å². The second kappa shape index (κ2) is 22.6. The number of fused-ring (bicyclic) bond motifs is 1. The van der Waals surface area contributed by atoms with E-state index in [1.165, 1.54) is 0 Å². The summed E-state index contributed by atoms with van der Waals surface area (Å²) in [6, 6.07) is 20.9. The van der Waals surface area contributed by atoms with Gasteiger partial charge < -0.3 is 57.1 Å². The standard InChI is InChI=1S/C41H59N5O6/c1-2-3-18-47-36-26-34(27-37(48-19-4-13-42)40(36)51-22-7-16-45)31-11-9-30-10-12-32(25-33(30)24-31)35-28-38(49-20-5-14-43)41(52-23-8-17-46)39(29-35)50-21-6-15-44/h9-12,24-29H,2-8,13-23,42-46H2,1H3. The molecule has 11 heteroatoms. The van der Waals surface area contributed by atoms with Crippen LogP contribution in [-0.2, 0) is 0 Å². The van der Waals surface area contributed by atoms with E-state index in [-0.39, 0.29) is 0 Å². The highest BCUT2D eigenvalue weighted by atomic mass is 16.5. The lowest BCUT2D eigenvalue weighted by molar-refractivity contribution is 0.239. The summed E-state index contributed by atoms with van der Waals surface area (Å²) in [7, 11) is 0. The molecule has 0 aliphatic carbocycles. The Morgan fingerprint density at radius 3 is 1.02 bits per heavy atom. The molecule has 284 valence electrons. The number of benzene rings is 4. The Morgan fingerprint density at radius 2 is 0.692 bits per heavy atom. The molecule has 10 N–H and O–H groups in total. The molecule has 0 aliphatic heterocycles. The largest absolute Gasteiger partial charge is 0.490 e. The minimum absolute atomic E-state index is 0.445. The van der Waals surface area contributed by atoms with Gasteiger partial charge in [-0.25, -0.2) is 0 Å². The van der Waals surface area contributed by atoms with Gasteiger partial charge in [0.25, 0.3) is 0 Å². The first-order chi connectivity index (χ1) is 25.6. The lowest BCUT2D eigenvalue weighted by atomic mass is 9.97. The first-order valence-electron chi connectivity index (χ1n) is 18.7. The third-order valence-electron chi connectivity index (χ3n) is 8.31. The van der Waals surface area contributed by atoms with Crippen LogP contribution in [-0.4, -0.2) is 72.4 Å². The summed E-state index contributed by atoms with van der Waals surface area (Å²) in [6.07, 6.45) is 5.51. The van der Waals surface area contributed by atoms with Gasteiger partial charge in [-0.3, -0.25) is 0 Å². The molecule has 0 atom stereocenters. The Hall–Kier alpha value is -4.26. The Kier molecular flexibility index (Phi) is 17.6. The van der Waals surface area contributed by atoms with Crippen molar-refractivity contribution in [2.24, 2.45) is 28.7 Å². The van der Waals surface area contributed by atoms with Crippen molar-refractivity contribution in [1.82, 2.24) is 0 Å². The molecular weight excluding hydrogens is 658 g/mol. The van der Waals surface area contributed by atoms with Gasteiger partial charge in [-0.05, 0) is 141 Å². The van der Waals surface area contributed by atoms with E-state index in [0.29, 0.717) is 126 Å². The third-order valence-corrected chi connectivity index (χ3v) is 8.31. The van der Waals surface area contributed by atoms with Crippen molar-refractivity contribution in [1.29, 1.82) is 0 Å². The summed E-state index contributed by atoms with van der Waals surface area (Å²) in [5, 5.41) is 2.17. The molecule has 0 spiro atoms. The van der Waals surface area contributed by atoms with Crippen LogP contribution in [0.15, 0.2) is 60.7 Å². The number of hydrogen-bond acceptors (Lipinski definition) is 11. The van der Waals surface area contributed by atoms with Crippen molar-refractivity contribution in [2.75, 3.05) is 72.4 Å². The van der Waals surface area contributed by atoms with Crippen LogP contribution in [0.25, 0.3) is 33.0 Å². The molecule has 11 nitrogen and oxygen atoms in total. The highest BCUT2D eigenvalue weighted by Crippen LogP contribution is 2.44. The van der Waals surface area contributed by atoms with Gasteiger partial charge in [-0.1, -0.05) is 37.6 Å². The van der Waals surface area contributed by atoms with Gasteiger partial charge >= 0.3 is 0 Å². The fraction of sp³-hybridized carbons (Fsp3) is 0.463. The molecule has 4 rings (SSSR count). The summed E-state index contributed by atoms with van der Waals surface area (Å²) in [5.74, 6) is 3.64. The Morgan fingerprint density at radius 1 is 0.365 bits per heavy atom. The van der Waals surface area contributed by atoms with E-state index in [0.717, 1.165) is 58.7 Å². The number of ether oxygens (including phenoxy) is 6. The van der Waals surface area contributed by atoms with Crippen molar-refractivity contribution in [2.45, 2.75) is 51.9 Å². The van der Waals surface area contributed by atoms with E-state index >= 15 is 0 Å². The number of hydrogen-bond donors (Lipinski definition) is 5. The normalized spacial score (nSPS) is 11.1. The van der Waals surface area contributed by atoms with Crippen LogP contribution >= 0.6 is 0 Å². The molecule has 0 saturated carbocycles. The van der Waals surface area contributed by atoms with Crippen LogP contribution in [0, 0.1) is 0 Å². The molecular formula is C41H59N5O6. The summed E-state index contributed by atoms with van der Waals surface area (Å²) in [4.78, 5) is 0. The highest BCUT2D eigenvalue weighted by Gasteiger charge is 2.19. The second-order valence-electron chi connectivity index (χ2n) is 12.5. The van der Waals surface area contributed by atoms with Crippen molar-refractivity contribution in [3.63, 3.8) is 0 Å². The van der Waals surface area contributed by atoms with Gasteiger partial charge in [0.2, 0.25) is 11.5 Å². The van der Waals surface area contributed by atoms with Crippen LogP contribution in [0.2, 0.25) is 0 Å². The minimum atomic E-state index is 0.445. The molecule has 4 aromatic carbocycles. The molecule has 0 aliphatic rings. The molecule has 0 bridgehead atoms. The number of rotatable bonds is 26. The zero-order valence-corrected chi connectivity index (χ0v) is 30.8. The summed E-state index contributed by atoms with van der Waals surface area (Å²) in [5.41, 5.74) is 32.8. The first kappa shape index (κ1) is 40.5. The van der Waals surface area contributed by atoms with Crippen molar-refractivity contribution >= 4 is 10.8 Å². The molecule has 0 unspecified atom stereocenters. The van der Waals surface area contributed by atoms with E-state index in [2.05, 4.69) is 43.3 Å². The number of unbranched alkanes of at least 4 members (excludes halogenated alkanes) is 1. The smallest absolute Gasteiger partial charge is 0.203 e. The fourth-order valence-electron chi connectivity index (χ4n) is 5.44. The maximum absolute atomic E-state index is 6.30. The Bertz CT molecular complexity index is 1470. The molecule has 0 saturated heterocycles. The van der Waals surface area contributed by atoms with E-state index in [9.17, 15) is 0 Å². The van der Waals surface area contributed by atoms with Crippen LogP contribution < -0.4 is 57.1 Å². The second-order valence-corrected chi connectivity index (χ2v) is 12.5. The van der Waals surface area contributed by atoms with Crippen LogP contribution in [0.5, 0.6) is 34.5 Å². The topological polar surface area (TPSA) is 185 Å². The molecule has 0 fully saturated rings. The van der Waals surface area contributed by atoms with Gasteiger partial charge in [-0.2, -0.15) is 0 Å². The molecule has 0 radical (unpaired) electrons. The zero-order chi connectivity index (χ0) is 37.0. The maximum atomic E-state index is 6.30. The minimum Gasteiger partial charge on any atom is -0.490 e. The van der Waals surface area contributed by atoms with Gasteiger partial charge in [-0.15, -0.1) is 0 Å². The van der Waals surface area contributed by atoms with E-state index in [1.54, 1.807) is 0 Å². The van der Waals surface area contributed by atoms with Crippen LogP contribution in [0.1, 0.15) is 51.9 Å². The van der Waals surface area contributed by atoms with E-state index < -0.39 is 0 Å². The average Bonchev–Trinajstić information content (AvgIpc) is 3.16. The predicted molar refractivity (Wildman–Crippen MR) is 211 cm³/mol. The summed E-state index contributed by atoms with van der Waals surface area (Å²) < 4.78 is 37.4. The highest BCUT2D eigenvalue weighted by molar-refractivity contribution is 5.91. The van der Waals surface area contributed by atoms with Gasteiger partial charge in [0, 0.05) is 0 Å². The molecule has 52 heavy (non-hydrogen) atoms. The molecule has 0 aromatic heterocycles. The number of nitrogens with two attached hydrogens (primary N) is 5. The van der Waals surface area contributed by atoms with Crippen molar-refractivity contribution in [3.05, 3.63) is 60.7 Å². The quantitative estimate of drug-likeness (QED) is 0.0481.